The second kappa shape index (κ2) is 5.84. The molecule has 108 valence electrons. The molecule has 2 nitrogen and oxygen atoms in total. The second-order valence-electron chi connectivity index (χ2n) is 4.97. The van der Waals surface area contributed by atoms with Crippen LogP contribution in [-0.2, 0) is 6.42 Å². The number of aromatic amines is 1. The van der Waals surface area contributed by atoms with Crippen molar-refractivity contribution in [3.63, 3.8) is 0 Å². The van der Waals surface area contributed by atoms with Gasteiger partial charge >= 0.3 is 0 Å². The lowest BCUT2D eigenvalue weighted by molar-refractivity contribution is 0.920. The number of imidazole rings is 1. The molecule has 3 rings (SSSR count). The van der Waals surface area contributed by atoms with E-state index in [1.807, 2.05) is 10.6 Å². The maximum atomic E-state index is 6.13. The molecule has 3 aromatic rings. The van der Waals surface area contributed by atoms with Gasteiger partial charge in [0.05, 0.1) is 21.1 Å². The van der Waals surface area contributed by atoms with Crippen LogP contribution < -0.4 is 0 Å². The number of aromatic nitrogens is 2. The van der Waals surface area contributed by atoms with E-state index >= 15 is 0 Å². The third kappa shape index (κ3) is 2.73. The van der Waals surface area contributed by atoms with Crippen molar-refractivity contribution in [1.29, 1.82) is 0 Å². The summed E-state index contributed by atoms with van der Waals surface area (Å²) < 4.78 is 2.61. The molecule has 0 atom stereocenters. The lowest BCUT2D eigenvalue weighted by Gasteiger charge is -2.07. The highest BCUT2D eigenvalue weighted by atomic mass is 35.5. The van der Waals surface area contributed by atoms with E-state index in [9.17, 15) is 0 Å². The maximum Gasteiger partial charge on any atom is 0.182 e. The Morgan fingerprint density at radius 1 is 1.10 bits per heavy atom. The topological polar surface area (TPSA) is 20.7 Å². The summed E-state index contributed by atoms with van der Waals surface area (Å²) in [5.74, 6) is 0. The highest BCUT2D eigenvalue weighted by Gasteiger charge is 2.09. The molecule has 2 aromatic carbocycles. The lowest BCUT2D eigenvalue weighted by atomic mass is 10.1. The number of fused-ring (bicyclic) bond motifs is 1. The van der Waals surface area contributed by atoms with Gasteiger partial charge in [-0.15, -0.1) is 0 Å². The predicted molar refractivity (Wildman–Crippen MR) is 92.5 cm³/mol. The molecule has 0 amide bonds. The van der Waals surface area contributed by atoms with Gasteiger partial charge in [0.1, 0.15) is 0 Å². The summed E-state index contributed by atoms with van der Waals surface area (Å²) in [4.78, 5) is 3.17. The Hall–Kier alpha value is -1.29. The zero-order valence-electron chi connectivity index (χ0n) is 11.5. The average Bonchev–Trinajstić information content (AvgIpc) is 2.76. The van der Waals surface area contributed by atoms with Crippen LogP contribution in [-0.4, -0.2) is 9.55 Å². The summed E-state index contributed by atoms with van der Waals surface area (Å²) in [6.07, 6.45) is 2.22. The number of aryl methyl sites for hydroxylation is 1. The summed E-state index contributed by atoms with van der Waals surface area (Å²) in [7, 11) is 0. The minimum Gasteiger partial charge on any atom is -0.330 e. The number of hydrogen-bond acceptors (Lipinski definition) is 1. The quantitative estimate of drug-likeness (QED) is 0.586. The molecule has 0 radical (unpaired) electrons. The molecular formula is C16H14Cl2N2S. The average molecular weight is 337 g/mol. The molecule has 0 spiro atoms. The summed E-state index contributed by atoms with van der Waals surface area (Å²) in [5, 5.41) is 1.04. The number of hydrogen-bond donors (Lipinski definition) is 1. The minimum atomic E-state index is 0.519. The van der Waals surface area contributed by atoms with Crippen LogP contribution in [0.3, 0.4) is 0 Å². The third-order valence-electron chi connectivity index (χ3n) is 3.46. The van der Waals surface area contributed by atoms with Gasteiger partial charge < -0.3 is 4.98 Å². The van der Waals surface area contributed by atoms with Gasteiger partial charge in [0.25, 0.3) is 0 Å². The van der Waals surface area contributed by atoms with Gasteiger partial charge in [0.15, 0.2) is 4.77 Å². The highest BCUT2D eigenvalue weighted by Crippen LogP contribution is 2.29. The van der Waals surface area contributed by atoms with Crippen LogP contribution in [0.2, 0.25) is 10.0 Å². The number of H-pyrrole nitrogens is 1. The Morgan fingerprint density at radius 3 is 2.43 bits per heavy atom. The fourth-order valence-electron chi connectivity index (χ4n) is 2.46. The van der Waals surface area contributed by atoms with Gasteiger partial charge in [-0.05, 0) is 48.5 Å². The predicted octanol–water partition coefficient (Wildman–Crippen LogP) is 5.95. The zero-order chi connectivity index (χ0) is 15.0. The Balaban J connectivity index is 2.17. The molecule has 0 saturated heterocycles. The molecule has 1 heterocycles. The van der Waals surface area contributed by atoms with Gasteiger partial charge in [0.2, 0.25) is 0 Å². The molecule has 0 unspecified atom stereocenters. The molecule has 5 heteroatoms. The van der Waals surface area contributed by atoms with Gasteiger partial charge in [0, 0.05) is 5.69 Å². The van der Waals surface area contributed by atoms with E-state index in [4.69, 9.17) is 35.4 Å². The van der Waals surface area contributed by atoms with Crippen LogP contribution in [0.25, 0.3) is 16.7 Å². The molecule has 0 bridgehead atoms. The molecule has 0 fully saturated rings. The van der Waals surface area contributed by atoms with E-state index < -0.39 is 0 Å². The molecule has 21 heavy (non-hydrogen) atoms. The fourth-order valence-corrected chi connectivity index (χ4v) is 3.09. The molecule has 1 aromatic heterocycles. The number of benzene rings is 2. The van der Waals surface area contributed by atoms with E-state index in [0.29, 0.717) is 14.8 Å². The first-order valence-electron chi connectivity index (χ1n) is 6.79. The van der Waals surface area contributed by atoms with Crippen molar-refractivity contribution in [3.05, 3.63) is 56.8 Å². The first kappa shape index (κ1) is 14.6. The van der Waals surface area contributed by atoms with E-state index in [1.54, 1.807) is 6.07 Å². The van der Waals surface area contributed by atoms with Crippen molar-refractivity contribution in [1.82, 2.24) is 9.55 Å². The first-order chi connectivity index (χ1) is 10.1. The van der Waals surface area contributed by atoms with Gasteiger partial charge in [-0.2, -0.15) is 0 Å². The van der Waals surface area contributed by atoms with Crippen molar-refractivity contribution in [3.8, 4) is 5.69 Å². The largest absolute Gasteiger partial charge is 0.330 e. The van der Waals surface area contributed by atoms with Crippen molar-refractivity contribution < 1.29 is 0 Å². The molecule has 1 N–H and O–H groups in total. The van der Waals surface area contributed by atoms with E-state index in [1.165, 1.54) is 5.56 Å². The van der Waals surface area contributed by atoms with Gasteiger partial charge in [-0.3, -0.25) is 4.57 Å². The van der Waals surface area contributed by atoms with E-state index in [-0.39, 0.29) is 0 Å². The summed E-state index contributed by atoms with van der Waals surface area (Å²) in [5.41, 5.74) is 4.16. The summed E-state index contributed by atoms with van der Waals surface area (Å²) in [6.45, 7) is 2.18. The fraction of sp³-hybridized carbons (Fsp3) is 0.188. The molecule has 0 aliphatic rings. The monoisotopic (exact) mass is 336 g/mol. The van der Waals surface area contributed by atoms with Crippen LogP contribution in [0.4, 0.5) is 0 Å². The lowest BCUT2D eigenvalue weighted by Crippen LogP contribution is -1.94. The highest BCUT2D eigenvalue weighted by molar-refractivity contribution is 7.71. The van der Waals surface area contributed by atoms with Crippen LogP contribution in [0.1, 0.15) is 18.9 Å². The molecule has 0 saturated carbocycles. The van der Waals surface area contributed by atoms with Crippen molar-refractivity contribution >= 4 is 46.5 Å². The normalized spacial score (nSPS) is 11.2. The van der Waals surface area contributed by atoms with E-state index in [0.717, 1.165) is 29.6 Å². The van der Waals surface area contributed by atoms with Crippen LogP contribution >= 0.6 is 35.4 Å². The maximum absolute atomic E-state index is 6.13. The Labute approximate surface area is 138 Å². The van der Waals surface area contributed by atoms with Crippen molar-refractivity contribution in [2.75, 3.05) is 0 Å². The second-order valence-corrected chi connectivity index (χ2v) is 6.17. The minimum absolute atomic E-state index is 0.519. The van der Waals surface area contributed by atoms with Crippen molar-refractivity contribution in [2.45, 2.75) is 19.8 Å². The number of halogens is 2. The summed E-state index contributed by atoms with van der Waals surface area (Å²) >= 11 is 17.6. The standard InChI is InChI=1S/C16H14Cl2N2S/c1-2-3-10-4-6-11(7-5-10)20-15-9-13(18)12(17)8-14(15)19-16(20)21/h4-9H,2-3H2,1H3,(H,19,21). The van der Waals surface area contributed by atoms with Gasteiger partial charge in [-0.1, -0.05) is 48.7 Å². The molecule has 0 aliphatic heterocycles. The van der Waals surface area contributed by atoms with Crippen LogP contribution in [0, 0.1) is 4.77 Å². The number of rotatable bonds is 3. The Kier molecular flexibility index (Phi) is 4.07. The van der Waals surface area contributed by atoms with Crippen LogP contribution in [0.15, 0.2) is 36.4 Å². The van der Waals surface area contributed by atoms with E-state index in [2.05, 4.69) is 36.2 Å². The molecular weight excluding hydrogens is 323 g/mol. The number of nitrogens with one attached hydrogen (secondary N) is 1. The first-order valence-corrected chi connectivity index (χ1v) is 7.95. The Morgan fingerprint density at radius 2 is 1.76 bits per heavy atom. The summed E-state index contributed by atoms with van der Waals surface area (Å²) in [6, 6.07) is 12.1. The molecule has 0 aliphatic carbocycles. The smallest absolute Gasteiger partial charge is 0.182 e. The SMILES string of the molecule is CCCc1ccc(-n2c(=S)[nH]c3cc(Cl)c(Cl)cc32)cc1. The number of nitrogens with zero attached hydrogens (tertiary/aromatic N) is 1. The Bertz CT molecular complexity index is 847. The van der Waals surface area contributed by atoms with Crippen LogP contribution in [0.5, 0.6) is 0 Å². The van der Waals surface area contributed by atoms with Gasteiger partial charge in [-0.25, -0.2) is 0 Å². The third-order valence-corrected chi connectivity index (χ3v) is 4.46. The van der Waals surface area contributed by atoms with Crippen molar-refractivity contribution in [2.24, 2.45) is 0 Å². The zero-order valence-corrected chi connectivity index (χ0v) is 13.8.